The Morgan fingerprint density at radius 2 is 1.94 bits per heavy atom. The molecule has 0 aliphatic carbocycles. The summed E-state index contributed by atoms with van der Waals surface area (Å²) in [5.41, 5.74) is -0.218. The first-order valence-corrected chi connectivity index (χ1v) is 11.4. The Balaban J connectivity index is 1.88. The average Bonchev–Trinajstić information content (AvgIpc) is 2.69. The molecule has 0 aromatic carbocycles. The van der Waals surface area contributed by atoms with Gasteiger partial charge in [0.1, 0.15) is 24.0 Å². The topological polar surface area (TPSA) is 86.3 Å². The lowest BCUT2D eigenvalue weighted by atomic mass is 10.0. The molecule has 0 saturated carbocycles. The maximum absolute atomic E-state index is 12.8. The molecule has 2 heterocycles. The molecule has 2 aliphatic heterocycles. The summed E-state index contributed by atoms with van der Waals surface area (Å²) < 4.78 is 22.3. The fourth-order valence-corrected chi connectivity index (χ4v) is 3.15. The number of ether oxygens (including phenoxy) is 4. The maximum atomic E-state index is 12.8. The maximum Gasteiger partial charge on any atom is 0.408 e. The number of hydrogen-bond donors (Lipinski definition) is 1. The van der Waals surface area contributed by atoms with E-state index in [0.29, 0.717) is 37.6 Å². The second kappa shape index (κ2) is 12.6. The van der Waals surface area contributed by atoms with Crippen molar-refractivity contribution >= 4 is 12.0 Å². The highest BCUT2D eigenvalue weighted by Crippen LogP contribution is 2.16. The molecule has 0 bridgehead atoms. The second-order valence-electron chi connectivity index (χ2n) is 8.87. The summed E-state index contributed by atoms with van der Waals surface area (Å²) in [6.45, 7) is 14.1. The van der Waals surface area contributed by atoms with E-state index in [1.165, 1.54) is 0 Å². The van der Waals surface area contributed by atoms with Crippen molar-refractivity contribution in [3.63, 3.8) is 0 Å². The van der Waals surface area contributed by atoms with E-state index < -0.39 is 17.7 Å². The average molecular weight is 451 g/mol. The van der Waals surface area contributed by atoms with Crippen molar-refractivity contribution in [2.75, 3.05) is 32.9 Å². The van der Waals surface area contributed by atoms with E-state index in [2.05, 4.69) is 11.9 Å². The summed E-state index contributed by atoms with van der Waals surface area (Å²) >= 11 is 0. The van der Waals surface area contributed by atoms with Crippen LogP contribution in [0.25, 0.3) is 0 Å². The first kappa shape index (κ1) is 25.9. The van der Waals surface area contributed by atoms with Gasteiger partial charge in [-0.05, 0) is 71.1 Å². The van der Waals surface area contributed by atoms with E-state index in [9.17, 15) is 9.59 Å². The molecule has 2 saturated heterocycles. The fraction of sp³-hybridized carbons (Fsp3) is 0.667. The number of hydrogen-bond acceptors (Lipinski definition) is 6. The van der Waals surface area contributed by atoms with Crippen LogP contribution in [-0.2, 0) is 23.7 Å². The van der Waals surface area contributed by atoms with E-state index in [0.717, 1.165) is 32.3 Å². The zero-order chi connectivity index (χ0) is 23.6. The largest absolute Gasteiger partial charge is 0.492 e. The Morgan fingerprint density at radius 1 is 1.19 bits per heavy atom. The van der Waals surface area contributed by atoms with Gasteiger partial charge in [0.05, 0.1) is 6.61 Å². The molecule has 1 unspecified atom stereocenters. The van der Waals surface area contributed by atoms with Crippen molar-refractivity contribution in [2.45, 2.75) is 71.3 Å². The second-order valence-corrected chi connectivity index (χ2v) is 8.87. The van der Waals surface area contributed by atoms with Gasteiger partial charge in [-0.3, -0.25) is 4.79 Å². The fourth-order valence-electron chi connectivity index (χ4n) is 3.15. The molecule has 32 heavy (non-hydrogen) atoms. The standard InChI is InChI=1S/C24H38N2O6/c1-6-19(29-16-17-31-20-10-7-8-15-30-20)12-11-18(2)21(22(27)26-13-9-14-26)25-23(28)32-24(3,4)5/h6,11-12,20-21H,2,7-10,13-17H2,1,3-5H3,(H,25,28)/b12-11-,19-6+/t20?,21-/m0/s1. The number of nitrogens with zero attached hydrogens (tertiary/aromatic N) is 1. The van der Waals surface area contributed by atoms with Crippen LogP contribution >= 0.6 is 0 Å². The highest BCUT2D eigenvalue weighted by atomic mass is 16.7. The summed E-state index contributed by atoms with van der Waals surface area (Å²) in [5.74, 6) is 0.423. The summed E-state index contributed by atoms with van der Waals surface area (Å²) in [7, 11) is 0. The van der Waals surface area contributed by atoms with Crippen molar-refractivity contribution in [3.05, 3.63) is 36.1 Å². The molecule has 2 fully saturated rings. The molecule has 0 spiro atoms. The predicted molar refractivity (Wildman–Crippen MR) is 122 cm³/mol. The van der Waals surface area contributed by atoms with Crippen molar-refractivity contribution < 1.29 is 28.5 Å². The van der Waals surface area contributed by atoms with Crippen LogP contribution in [0.15, 0.2) is 36.1 Å². The van der Waals surface area contributed by atoms with Gasteiger partial charge in [0.15, 0.2) is 6.29 Å². The highest BCUT2D eigenvalue weighted by Gasteiger charge is 2.31. The molecule has 8 heteroatoms. The SMILES string of the molecule is C=C(/C=C\C(=C/C)OCCOC1CCCCO1)[C@H](NC(=O)OC(C)(C)C)C(=O)N1CCC1. The Hall–Kier alpha value is -2.32. The van der Waals surface area contributed by atoms with Gasteiger partial charge in [-0.1, -0.05) is 12.7 Å². The molecular formula is C24H38N2O6. The number of allylic oxidation sites excluding steroid dienone is 2. The van der Waals surface area contributed by atoms with E-state index in [1.807, 2.05) is 13.0 Å². The lowest BCUT2D eigenvalue weighted by molar-refractivity contribution is -0.167. The molecule has 1 N–H and O–H groups in total. The van der Waals surface area contributed by atoms with Crippen LogP contribution in [0.4, 0.5) is 4.79 Å². The van der Waals surface area contributed by atoms with E-state index in [1.54, 1.807) is 37.8 Å². The number of likely N-dealkylation sites (tertiary alicyclic amines) is 1. The number of rotatable bonds is 10. The predicted octanol–water partition coefficient (Wildman–Crippen LogP) is 3.69. The van der Waals surface area contributed by atoms with Crippen molar-refractivity contribution in [1.82, 2.24) is 10.2 Å². The lowest BCUT2D eigenvalue weighted by Gasteiger charge is -2.34. The number of carbonyl (C=O) groups is 2. The number of carbonyl (C=O) groups excluding carboxylic acids is 2. The normalized spacial score (nSPS) is 20.4. The summed E-state index contributed by atoms with van der Waals surface area (Å²) in [5, 5.41) is 2.66. The van der Waals surface area contributed by atoms with Crippen molar-refractivity contribution in [1.29, 1.82) is 0 Å². The quantitative estimate of drug-likeness (QED) is 0.310. The summed E-state index contributed by atoms with van der Waals surface area (Å²) in [4.78, 5) is 26.8. The van der Waals surface area contributed by atoms with Gasteiger partial charge >= 0.3 is 6.09 Å². The van der Waals surface area contributed by atoms with Crippen LogP contribution in [0.5, 0.6) is 0 Å². The van der Waals surface area contributed by atoms with Gasteiger partial charge in [0, 0.05) is 19.7 Å². The first-order chi connectivity index (χ1) is 15.2. The van der Waals surface area contributed by atoms with Gasteiger partial charge < -0.3 is 29.2 Å². The number of amides is 2. The van der Waals surface area contributed by atoms with Gasteiger partial charge in [0.2, 0.25) is 5.91 Å². The third-order valence-electron chi connectivity index (χ3n) is 4.99. The van der Waals surface area contributed by atoms with Crippen LogP contribution in [-0.4, -0.2) is 67.7 Å². The van der Waals surface area contributed by atoms with Crippen LogP contribution < -0.4 is 5.32 Å². The minimum absolute atomic E-state index is 0.149. The molecular weight excluding hydrogens is 412 g/mol. The molecule has 0 radical (unpaired) electrons. The number of nitrogens with one attached hydrogen (secondary N) is 1. The first-order valence-electron chi connectivity index (χ1n) is 11.4. The van der Waals surface area contributed by atoms with E-state index in [4.69, 9.17) is 18.9 Å². The third kappa shape index (κ3) is 9.04. The molecule has 180 valence electrons. The Morgan fingerprint density at radius 3 is 2.50 bits per heavy atom. The van der Waals surface area contributed by atoms with Gasteiger partial charge in [0.25, 0.3) is 0 Å². The molecule has 2 rings (SSSR count). The van der Waals surface area contributed by atoms with Gasteiger partial charge in [-0.2, -0.15) is 0 Å². The third-order valence-corrected chi connectivity index (χ3v) is 4.99. The van der Waals surface area contributed by atoms with Crippen molar-refractivity contribution in [3.8, 4) is 0 Å². The van der Waals surface area contributed by atoms with E-state index in [-0.39, 0.29) is 12.2 Å². The van der Waals surface area contributed by atoms with Crippen molar-refractivity contribution in [2.24, 2.45) is 0 Å². The minimum Gasteiger partial charge on any atom is -0.492 e. The van der Waals surface area contributed by atoms with Gasteiger partial charge in [-0.15, -0.1) is 0 Å². The zero-order valence-corrected chi connectivity index (χ0v) is 19.9. The van der Waals surface area contributed by atoms with Crippen LogP contribution in [0.3, 0.4) is 0 Å². The molecule has 2 aliphatic rings. The van der Waals surface area contributed by atoms with Crippen LogP contribution in [0.1, 0.15) is 53.4 Å². The highest BCUT2D eigenvalue weighted by molar-refractivity contribution is 5.89. The molecule has 0 aromatic rings. The Labute approximate surface area is 191 Å². The summed E-state index contributed by atoms with van der Waals surface area (Å²) in [6, 6.07) is -0.897. The molecule has 0 aromatic heterocycles. The monoisotopic (exact) mass is 450 g/mol. The Bertz CT molecular complexity index is 700. The minimum atomic E-state index is -0.897. The lowest BCUT2D eigenvalue weighted by Crippen LogP contribution is -2.54. The number of alkyl carbamates (subject to hydrolysis) is 1. The molecule has 8 nitrogen and oxygen atoms in total. The Kier molecular flexibility index (Phi) is 10.3. The molecule has 2 amide bonds. The van der Waals surface area contributed by atoms with E-state index >= 15 is 0 Å². The smallest absolute Gasteiger partial charge is 0.408 e. The van der Waals surface area contributed by atoms with Crippen LogP contribution in [0.2, 0.25) is 0 Å². The zero-order valence-electron chi connectivity index (χ0n) is 19.9. The van der Waals surface area contributed by atoms with Gasteiger partial charge in [-0.25, -0.2) is 4.79 Å². The summed E-state index contributed by atoms with van der Waals surface area (Å²) in [6.07, 6.45) is 8.48. The molecule has 2 atom stereocenters. The van der Waals surface area contributed by atoms with Crippen LogP contribution in [0, 0.1) is 0 Å².